The predicted octanol–water partition coefficient (Wildman–Crippen LogP) is 2.42. The fourth-order valence-electron chi connectivity index (χ4n) is 3.07. The van der Waals surface area contributed by atoms with Crippen molar-refractivity contribution in [1.29, 1.82) is 0 Å². The Kier molecular flexibility index (Phi) is 2.90. The normalized spacial score (nSPS) is 23.1. The number of hydrogen-bond donors (Lipinski definition) is 1. The van der Waals surface area contributed by atoms with Crippen molar-refractivity contribution in [2.45, 2.75) is 44.1 Å². The van der Waals surface area contributed by atoms with Crippen LogP contribution in [0.15, 0.2) is 24.3 Å². The number of hydrogen-bond acceptors (Lipinski definition) is 2. The number of benzene rings is 1. The van der Waals surface area contributed by atoms with Crippen molar-refractivity contribution < 1.29 is 9.59 Å². The molecule has 94 valence electrons. The van der Waals surface area contributed by atoms with Crippen LogP contribution < -0.4 is 5.32 Å². The first-order valence-electron chi connectivity index (χ1n) is 6.68. The summed E-state index contributed by atoms with van der Waals surface area (Å²) >= 11 is 0. The highest BCUT2D eigenvalue weighted by molar-refractivity contribution is 6.06. The molecule has 3 heteroatoms. The first kappa shape index (κ1) is 11.5. The minimum absolute atomic E-state index is 0.0280. The van der Waals surface area contributed by atoms with Crippen LogP contribution in [0.5, 0.6) is 0 Å². The Morgan fingerprint density at radius 2 is 1.89 bits per heavy atom. The number of nitrogens with one attached hydrogen (secondary N) is 1. The van der Waals surface area contributed by atoms with Gasteiger partial charge >= 0.3 is 0 Å². The Bertz CT molecular complexity index is 489. The molecule has 3 nitrogen and oxygen atoms in total. The maximum atomic E-state index is 12.2. The number of carbonyl (C=O) groups excluding carboxylic acids is 2. The van der Waals surface area contributed by atoms with Crippen LogP contribution in [0.25, 0.3) is 0 Å². The standard InChI is InChI=1S/C15H17NO2/c17-14-9-13(11-7-3-4-8-12(11)14)15(18)16-10-5-1-2-6-10/h3-4,7-8,10,13H,1-2,5-6,9H2,(H,16,18). The monoisotopic (exact) mass is 243 g/mol. The summed E-state index contributed by atoms with van der Waals surface area (Å²) in [5.41, 5.74) is 1.63. The molecule has 1 unspecified atom stereocenters. The Balaban J connectivity index is 1.77. The van der Waals surface area contributed by atoms with Crippen LogP contribution in [-0.4, -0.2) is 17.7 Å². The van der Waals surface area contributed by atoms with Gasteiger partial charge in [-0.2, -0.15) is 0 Å². The van der Waals surface area contributed by atoms with E-state index in [0.29, 0.717) is 12.5 Å². The van der Waals surface area contributed by atoms with Crippen molar-refractivity contribution >= 4 is 11.7 Å². The van der Waals surface area contributed by atoms with Gasteiger partial charge in [0.05, 0.1) is 5.92 Å². The predicted molar refractivity (Wildman–Crippen MR) is 68.5 cm³/mol. The van der Waals surface area contributed by atoms with E-state index in [9.17, 15) is 9.59 Å². The minimum atomic E-state index is -0.269. The van der Waals surface area contributed by atoms with Gasteiger partial charge < -0.3 is 5.32 Å². The van der Waals surface area contributed by atoms with Crippen LogP contribution >= 0.6 is 0 Å². The zero-order valence-corrected chi connectivity index (χ0v) is 10.3. The fourth-order valence-corrected chi connectivity index (χ4v) is 3.07. The summed E-state index contributed by atoms with van der Waals surface area (Å²) in [7, 11) is 0. The third-order valence-corrected chi connectivity index (χ3v) is 4.04. The highest BCUT2D eigenvalue weighted by Crippen LogP contribution is 2.33. The van der Waals surface area contributed by atoms with E-state index in [2.05, 4.69) is 5.32 Å². The molecule has 1 N–H and O–H groups in total. The Hall–Kier alpha value is -1.64. The number of Topliss-reactive ketones (excluding diaryl/α,β-unsaturated/α-hetero) is 1. The fraction of sp³-hybridized carbons (Fsp3) is 0.467. The zero-order chi connectivity index (χ0) is 12.5. The van der Waals surface area contributed by atoms with E-state index in [4.69, 9.17) is 0 Å². The molecule has 2 aliphatic rings. The lowest BCUT2D eigenvalue weighted by Crippen LogP contribution is -2.35. The molecule has 0 saturated heterocycles. The summed E-state index contributed by atoms with van der Waals surface area (Å²) in [6.45, 7) is 0. The molecule has 1 saturated carbocycles. The summed E-state index contributed by atoms with van der Waals surface area (Å²) in [6, 6.07) is 7.79. The number of ketones is 1. The summed E-state index contributed by atoms with van der Waals surface area (Å²) in [6.07, 6.45) is 4.89. The first-order valence-corrected chi connectivity index (χ1v) is 6.68. The van der Waals surface area contributed by atoms with Crippen LogP contribution in [0.1, 0.15) is 53.9 Å². The van der Waals surface area contributed by atoms with Crippen LogP contribution in [-0.2, 0) is 4.79 Å². The largest absolute Gasteiger partial charge is 0.353 e. The molecule has 0 aliphatic heterocycles. The Morgan fingerprint density at radius 1 is 1.17 bits per heavy atom. The zero-order valence-electron chi connectivity index (χ0n) is 10.3. The lowest BCUT2D eigenvalue weighted by Gasteiger charge is -2.16. The number of amides is 1. The second-order valence-electron chi connectivity index (χ2n) is 5.26. The number of rotatable bonds is 2. The van der Waals surface area contributed by atoms with Gasteiger partial charge in [0.1, 0.15) is 0 Å². The third kappa shape index (κ3) is 1.94. The molecule has 0 heterocycles. The van der Waals surface area contributed by atoms with Gasteiger partial charge in [-0.05, 0) is 18.4 Å². The van der Waals surface area contributed by atoms with Gasteiger partial charge in [-0.1, -0.05) is 37.1 Å². The van der Waals surface area contributed by atoms with E-state index in [1.165, 1.54) is 12.8 Å². The van der Waals surface area contributed by atoms with Crippen LogP contribution in [0.2, 0.25) is 0 Å². The molecular weight excluding hydrogens is 226 g/mol. The van der Waals surface area contributed by atoms with Crippen LogP contribution in [0.3, 0.4) is 0 Å². The summed E-state index contributed by atoms with van der Waals surface area (Å²) in [5, 5.41) is 3.09. The topological polar surface area (TPSA) is 46.2 Å². The quantitative estimate of drug-likeness (QED) is 0.867. The molecular formula is C15H17NO2. The van der Waals surface area contributed by atoms with Crippen molar-refractivity contribution in [3.05, 3.63) is 35.4 Å². The summed E-state index contributed by atoms with van der Waals surface area (Å²) in [4.78, 5) is 24.1. The molecule has 0 spiro atoms. The van der Waals surface area contributed by atoms with Gasteiger partial charge in [0, 0.05) is 18.0 Å². The van der Waals surface area contributed by atoms with Gasteiger partial charge in [0.2, 0.25) is 5.91 Å². The minimum Gasteiger partial charge on any atom is -0.353 e. The molecule has 1 aromatic rings. The summed E-state index contributed by atoms with van der Waals surface area (Å²) < 4.78 is 0. The van der Waals surface area contributed by atoms with Gasteiger partial charge in [-0.25, -0.2) is 0 Å². The number of fused-ring (bicyclic) bond motifs is 1. The van der Waals surface area contributed by atoms with Crippen LogP contribution in [0.4, 0.5) is 0 Å². The molecule has 3 rings (SSSR count). The van der Waals surface area contributed by atoms with Crippen molar-refractivity contribution in [2.24, 2.45) is 0 Å². The smallest absolute Gasteiger partial charge is 0.228 e. The molecule has 0 aromatic heterocycles. The van der Waals surface area contributed by atoms with Crippen LogP contribution in [0, 0.1) is 0 Å². The molecule has 1 aromatic carbocycles. The van der Waals surface area contributed by atoms with Crippen molar-refractivity contribution in [2.75, 3.05) is 0 Å². The SMILES string of the molecule is O=C1CC(C(=O)NC2CCCC2)c2ccccc21. The van der Waals surface area contributed by atoms with Gasteiger partial charge in [-0.15, -0.1) is 0 Å². The average Bonchev–Trinajstić information content (AvgIpc) is 2.98. The Morgan fingerprint density at radius 3 is 2.67 bits per heavy atom. The lowest BCUT2D eigenvalue weighted by atomic mass is 10.00. The van der Waals surface area contributed by atoms with E-state index >= 15 is 0 Å². The molecule has 1 atom stereocenters. The molecule has 1 fully saturated rings. The van der Waals surface area contributed by atoms with Crippen molar-refractivity contribution in [3.8, 4) is 0 Å². The van der Waals surface area contributed by atoms with Crippen molar-refractivity contribution in [1.82, 2.24) is 5.32 Å². The average molecular weight is 243 g/mol. The van der Waals surface area contributed by atoms with E-state index in [1.807, 2.05) is 24.3 Å². The van der Waals surface area contributed by atoms with E-state index in [1.54, 1.807) is 0 Å². The van der Waals surface area contributed by atoms with Gasteiger partial charge in [-0.3, -0.25) is 9.59 Å². The highest BCUT2D eigenvalue weighted by atomic mass is 16.2. The van der Waals surface area contributed by atoms with Gasteiger partial charge in [0.25, 0.3) is 0 Å². The molecule has 18 heavy (non-hydrogen) atoms. The summed E-state index contributed by atoms with van der Waals surface area (Å²) in [5.74, 6) is -0.147. The van der Waals surface area contributed by atoms with Crippen molar-refractivity contribution in [3.63, 3.8) is 0 Å². The third-order valence-electron chi connectivity index (χ3n) is 4.04. The van der Waals surface area contributed by atoms with E-state index in [-0.39, 0.29) is 17.6 Å². The molecule has 0 bridgehead atoms. The molecule has 2 aliphatic carbocycles. The maximum Gasteiger partial charge on any atom is 0.228 e. The van der Waals surface area contributed by atoms with E-state index in [0.717, 1.165) is 24.0 Å². The van der Waals surface area contributed by atoms with E-state index < -0.39 is 0 Å². The molecule has 1 amide bonds. The Labute approximate surface area is 107 Å². The lowest BCUT2D eigenvalue weighted by molar-refractivity contribution is -0.123. The molecule has 0 radical (unpaired) electrons. The first-order chi connectivity index (χ1) is 8.75. The maximum absolute atomic E-state index is 12.2. The second-order valence-corrected chi connectivity index (χ2v) is 5.26. The number of carbonyl (C=O) groups is 2. The highest BCUT2D eigenvalue weighted by Gasteiger charge is 2.34. The second kappa shape index (κ2) is 4.56. The van der Waals surface area contributed by atoms with Gasteiger partial charge in [0.15, 0.2) is 5.78 Å².